The van der Waals surface area contributed by atoms with E-state index in [0.717, 1.165) is 5.92 Å². The van der Waals surface area contributed by atoms with Gasteiger partial charge in [-0.1, -0.05) is 13.8 Å². The Balaban J connectivity index is 1.96. The molecule has 0 radical (unpaired) electrons. The van der Waals surface area contributed by atoms with Crippen LogP contribution in [0.15, 0.2) is 6.20 Å². The summed E-state index contributed by atoms with van der Waals surface area (Å²) in [6.45, 7) is 6.78. The van der Waals surface area contributed by atoms with E-state index >= 15 is 0 Å². The van der Waals surface area contributed by atoms with Gasteiger partial charge in [0.25, 0.3) is 0 Å². The van der Waals surface area contributed by atoms with Crippen LogP contribution in [-0.2, 0) is 6.42 Å². The third kappa shape index (κ3) is 2.09. The lowest BCUT2D eigenvalue weighted by molar-refractivity contribution is 0.348. The molecule has 13 heavy (non-hydrogen) atoms. The van der Waals surface area contributed by atoms with Gasteiger partial charge in [-0.05, 0) is 25.4 Å². The highest BCUT2D eigenvalue weighted by Crippen LogP contribution is 2.23. The molecule has 2 heterocycles. The molecule has 72 valence electrons. The zero-order chi connectivity index (χ0) is 9.26. The smallest absolute Gasteiger partial charge is 0.0953 e. The van der Waals surface area contributed by atoms with Gasteiger partial charge < -0.3 is 5.32 Å². The average molecular weight is 196 g/mol. The molecule has 0 bridgehead atoms. The summed E-state index contributed by atoms with van der Waals surface area (Å²) in [6.07, 6.45) is 3.27. The number of nitrogens with zero attached hydrogens (tertiary/aromatic N) is 1. The maximum Gasteiger partial charge on any atom is 0.0953 e. The van der Waals surface area contributed by atoms with Crippen LogP contribution >= 0.6 is 11.3 Å². The lowest BCUT2D eigenvalue weighted by Gasteiger charge is -2.26. The highest BCUT2D eigenvalue weighted by Gasteiger charge is 2.18. The number of hydrogen-bond acceptors (Lipinski definition) is 3. The molecule has 3 heteroatoms. The fourth-order valence-electron chi connectivity index (χ4n) is 1.46. The molecule has 0 aliphatic carbocycles. The van der Waals surface area contributed by atoms with E-state index in [0.29, 0.717) is 5.92 Å². The molecular weight excluding hydrogens is 180 g/mol. The van der Waals surface area contributed by atoms with Gasteiger partial charge in [-0.2, -0.15) is 0 Å². The molecule has 0 aromatic carbocycles. The van der Waals surface area contributed by atoms with Crippen LogP contribution in [0.2, 0.25) is 0 Å². The van der Waals surface area contributed by atoms with Crippen LogP contribution in [-0.4, -0.2) is 18.1 Å². The van der Waals surface area contributed by atoms with E-state index < -0.39 is 0 Å². The van der Waals surface area contributed by atoms with Gasteiger partial charge in [-0.15, -0.1) is 11.3 Å². The quantitative estimate of drug-likeness (QED) is 0.800. The van der Waals surface area contributed by atoms with Crippen molar-refractivity contribution >= 4 is 11.3 Å². The van der Waals surface area contributed by atoms with E-state index in [1.54, 1.807) is 0 Å². The second-order valence-corrected chi connectivity index (χ2v) is 5.19. The fourth-order valence-corrected chi connectivity index (χ4v) is 2.50. The van der Waals surface area contributed by atoms with Crippen molar-refractivity contribution in [2.24, 2.45) is 5.92 Å². The monoisotopic (exact) mass is 196 g/mol. The van der Waals surface area contributed by atoms with Crippen molar-refractivity contribution < 1.29 is 0 Å². The molecule has 1 aliphatic rings. The molecule has 1 N–H and O–H groups in total. The molecule has 0 saturated carbocycles. The van der Waals surface area contributed by atoms with Crippen LogP contribution in [0.3, 0.4) is 0 Å². The largest absolute Gasteiger partial charge is 0.316 e. The molecule has 0 amide bonds. The Bertz CT molecular complexity index is 276. The SMILES string of the molecule is CC(C)c1ncc(CC2CNC2)s1. The Kier molecular flexibility index (Phi) is 2.65. The van der Waals surface area contributed by atoms with Crippen molar-refractivity contribution in [1.29, 1.82) is 0 Å². The van der Waals surface area contributed by atoms with E-state index in [9.17, 15) is 0 Å². The second-order valence-electron chi connectivity index (χ2n) is 4.05. The van der Waals surface area contributed by atoms with Crippen LogP contribution in [0, 0.1) is 5.92 Å². The minimum absolute atomic E-state index is 0.582. The number of rotatable bonds is 3. The molecule has 2 nitrogen and oxygen atoms in total. The van der Waals surface area contributed by atoms with Crippen LogP contribution in [0.25, 0.3) is 0 Å². The molecule has 1 aromatic heterocycles. The summed E-state index contributed by atoms with van der Waals surface area (Å²) in [5.41, 5.74) is 0. The van der Waals surface area contributed by atoms with E-state index in [2.05, 4.69) is 30.3 Å². The standard InChI is InChI=1S/C10H16N2S/c1-7(2)10-12-6-9(13-10)3-8-4-11-5-8/h6-8,11H,3-5H2,1-2H3. The maximum atomic E-state index is 4.43. The summed E-state index contributed by atoms with van der Waals surface area (Å²) >= 11 is 1.88. The lowest BCUT2D eigenvalue weighted by atomic mass is 9.99. The normalized spacial score (nSPS) is 17.8. The molecule has 0 spiro atoms. The van der Waals surface area contributed by atoms with Crippen molar-refractivity contribution in [1.82, 2.24) is 10.3 Å². The van der Waals surface area contributed by atoms with Gasteiger partial charge in [0, 0.05) is 17.0 Å². The van der Waals surface area contributed by atoms with Crippen molar-refractivity contribution in [3.05, 3.63) is 16.1 Å². The molecule has 1 fully saturated rings. The second kappa shape index (κ2) is 3.76. The van der Waals surface area contributed by atoms with Gasteiger partial charge in [-0.25, -0.2) is 4.98 Å². The van der Waals surface area contributed by atoms with Crippen molar-refractivity contribution in [3.8, 4) is 0 Å². The van der Waals surface area contributed by atoms with Gasteiger partial charge in [0.15, 0.2) is 0 Å². The Morgan fingerprint density at radius 3 is 2.85 bits per heavy atom. The molecule has 0 atom stereocenters. The van der Waals surface area contributed by atoms with Gasteiger partial charge in [0.05, 0.1) is 5.01 Å². The predicted molar refractivity (Wildman–Crippen MR) is 56.3 cm³/mol. The molecule has 2 rings (SSSR count). The topological polar surface area (TPSA) is 24.9 Å². The minimum Gasteiger partial charge on any atom is -0.316 e. The zero-order valence-electron chi connectivity index (χ0n) is 8.21. The Labute approximate surface area is 83.4 Å². The predicted octanol–water partition coefficient (Wildman–Crippen LogP) is 2.03. The zero-order valence-corrected chi connectivity index (χ0v) is 9.03. The highest BCUT2D eigenvalue weighted by atomic mass is 32.1. The number of thiazole rings is 1. The molecule has 1 aliphatic heterocycles. The average Bonchev–Trinajstić information content (AvgIpc) is 2.44. The van der Waals surface area contributed by atoms with Gasteiger partial charge in [0.2, 0.25) is 0 Å². The van der Waals surface area contributed by atoms with Gasteiger partial charge in [0.1, 0.15) is 0 Å². The van der Waals surface area contributed by atoms with Crippen LogP contribution in [0.1, 0.15) is 29.7 Å². The molecule has 1 aromatic rings. The van der Waals surface area contributed by atoms with E-state index in [1.165, 1.54) is 29.4 Å². The van der Waals surface area contributed by atoms with E-state index in [4.69, 9.17) is 0 Å². The summed E-state index contributed by atoms with van der Waals surface area (Å²) < 4.78 is 0. The first kappa shape index (κ1) is 9.16. The first-order valence-corrected chi connectivity index (χ1v) is 5.72. The van der Waals surface area contributed by atoms with E-state index in [-0.39, 0.29) is 0 Å². The van der Waals surface area contributed by atoms with Crippen LogP contribution in [0.5, 0.6) is 0 Å². The maximum absolute atomic E-state index is 4.43. The summed E-state index contributed by atoms with van der Waals surface area (Å²) in [5.74, 6) is 1.44. The third-order valence-corrected chi connectivity index (χ3v) is 3.74. The molecule has 1 saturated heterocycles. The van der Waals surface area contributed by atoms with Gasteiger partial charge >= 0.3 is 0 Å². The van der Waals surface area contributed by atoms with E-state index in [1.807, 2.05) is 11.3 Å². The Hall–Kier alpha value is -0.410. The fraction of sp³-hybridized carbons (Fsp3) is 0.700. The Morgan fingerprint density at radius 2 is 2.38 bits per heavy atom. The minimum atomic E-state index is 0.582. The number of nitrogens with one attached hydrogen (secondary N) is 1. The lowest BCUT2D eigenvalue weighted by Crippen LogP contribution is -2.42. The summed E-state index contributed by atoms with van der Waals surface area (Å²) in [4.78, 5) is 5.88. The summed E-state index contributed by atoms with van der Waals surface area (Å²) in [7, 11) is 0. The molecular formula is C10H16N2S. The van der Waals surface area contributed by atoms with Crippen molar-refractivity contribution in [2.45, 2.75) is 26.2 Å². The van der Waals surface area contributed by atoms with Crippen molar-refractivity contribution in [2.75, 3.05) is 13.1 Å². The highest BCUT2D eigenvalue weighted by molar-refractivity contribution is 7.11. The third-order valence-electron chi connectivity index (χ3n) is 2.42. The first-order chi connectivity index (χ1) is 6.25. The summed E-state index contributed by atoms with van der Waals surface area (Å²) in [6, 6.07) is 0. The summed E-state index contributed by atoms with van der Waals surface area (Å²) in [5, 5.41) is 4.58. The van der Waals surface area contributed by atoms with Crippen LogP contribution in [0.4, 0.5) is 0 Å². The molecule has 0 unspecified atom stereocenters. The first-order valence-electron chi connectivity index (χ1n) is 4.91. The number of hydrogen-bond donors (Lipinski definition) is 1. The van der Waals surface area contributed by atoms with Crippen LogP contribution < -0.4 is 5.32 Å². The van der Waals surface area contributed by atoms with Crippen molar-refractivity contribution in [3.63, 3.8) is 0 Å². The van der Waals surface area contributed by atoms with Gasteiger partial charge in [-0.3, -0.25) is 0 Å². The Morgan fingerprint density at radius 1 is 1.62 bits per heavy atom. The number of aromatic nitrogens is 1.